The zero-order valence-corrected chi connectivity index (χ0v) is 16.2. The molecule has 2 aliphatic rings. The number of hydrogen-bond acceptors (Lipinski definition) is 6. The molecule has 2 aromatic rings. The second-order valence-corrected chi connectivity index (χ2v) is 8.02. The lowest BCUT2D eigenvalue weighted by atomic mass is 10.2. The molecule has 27 heavy (non-hydrogen) atoms. The van der Waals surface area contributed by atoms with Crippen molar-refractivity contribution in [1.29, 1.82) is 0 Å². The molecule has 142 valence electrons. The Hall–Kier alpha value is -2.06. The van der Waals surface area contributed by atoms with Gasteiger partial charge in [-0.15, -0.1) is 10.2 Å². The van der Waals surface area contributed by atoms with Crippen LogP contribution in [0.3, 0.4) is 0 Å². The summed E-state index contributed by atoms with van der Waals surface area (Å²) in [6, 6.07) is 7.16. The van der Waals surface area contributed by atoms with Gasteiger partial charge in [0.15, 0.2) is 0 Å². The van der Waals surface area contributed by atoms with E-state index in [9.17, 15) is 9.59 Å². The predicted octanol–water partition coefficient (Wildman–Crippen LogP) is 2.56. The number of piperazine rings is 1. The monoisotopic (exact) mass is 406 g/mol. The van der Waals surface area contributed by atoms with Crippen molar-refractivity contribution < 1.29 is 14.0 Å². The molecule has 1 aliphatic heterocycles. The fraction of sp³-hybridized carbons (Fsp3) is 0.444. The van der Waals surface area contributed by atoms with Gasteiger partial charge in [-0.25, -0.2) is 0 Å². The Morgan fingerprint density at radius 1 is 1.15 bits per heavy atom. The molecule has 1 saturated heterocycles. The maximum absolute atomic E-state index is 12.4. The highest BCUT2D eigenvalue weighted by Gasteiger charge is 2.35. The number of rotatable bonds is 5. The molecule has 0 radical (unpaired) electrons. The topological polar surface area (TPSA) is 79.5 Å². The smallest absolute Gasteiger partial charge is 0.277 e. The number of thioether (sulfide) groups is 1. The van der Waals surface area contributed by atoms with E-state index in [0.717, 1.165) is 18.4 Å². The summed E-state index contributed by atoms with van der Waals surface area (Å²) in [6.07, 6.45) is 2.02. The van der Waals surface area contributed by atoms with Gasteiger partial charge in [-0.1, -0.05) is 29.4 Å². The van der Waals surface area contributed by atoms with Crippen LogP contribution in [0.5, 0.6) is 0 Å². The highest BCUT2D eigenvalue weighted by atomic mass is 35.5. The first kappa shape index (κ1) is 18.3. The maximum atomic E-state index is 12.4. The molecular formula is C18H19ClN4O3S. The second-order valence-electron chi connectivity index (χ2n) is 6.65. The van der Waals surface area contributed by atoms with Crippen molar-refractivity contribution in [2.45, 2.75) is 18.1 Å². The third kappa shape index (κ3) is 4.44. The highest BCUT2D eigenvalue weighted by Crippen LogP contribution is 2.31. The molecule has 2 amide bonds. The van der Waals surface area contributed by atoms with Crippen LogP contribution in [0, 0.1) is 5.92 Å². The average Bonchev–Trinajstić information content (AvgIpc) is 3.43. The molecule has 7 nitrogen and oxygen atoms in total. The van der Waals surface area contributed by atoms with E-state index in [1.165, 1.54) is 11.8 Å². The highest BCUT2D eigenvalue weighted by molar-refractivity contribution is 7.99. The molecule has 9 heteroatoms. The Kier molecular flexibility index (Phi) is 5.36. The molecule has 1 aliphatic carbocycles. The maximum Gasteiger partial charge on any atom is 0.277 e. The van der Waals surface area contributed by atoms with E-state index in [0.29, 0.717) is 42.3 Å². The van der Waals surface area contributed by atoms with Gasteiger partial charge in [0.2, 0.25) is 17.7 Å². The van der Waals surface area contributed by atoms with Crippen LogP contribution in [-0.4, -0.2) is 63.7 Å². The third-order valence-corrected chi connectivity index (χ3v) is 5.71. The minimum atomic E-state index is 0.0148. The van der Waals surface area contributed by atoms with Crippen LogP contribution in [0.2, 0.25) is 5.02 Å². The van der Waals surface area contributed by atoms with Crippen molar-refractivity contribution in [1.82, 2.24) is 20.0 Å². The van der Waals surface area contributed by atoms with Gasteiger partial charge < -0.3 is 14.2 Å². The molecule has 0 spiro atoms. The molecule has 1 saturated carbocycles. The quantitative estimate of drug-likeness (QED) is 0.710. The first-order valence-corrected chi connectivity index (χ1v) is 10.3. The molecule has 2 heterocycles. The Balaban J connectivity index is 1.27. The van der Waals surface area contributed by atoms with E-state index >= 15 is 0 Å². The van der Waals surface area contributed by atoms with Crippen LogP contribution in [0.25, 0.3) is 11.5 Å². The first-order chi connectivity index (χ1) is 13.1. The summed E-state index contributed by atoms with van der Waals surface area (Å²) in [5.74, 6) is 1.10. The van der Waals surface area contributed by atoms with E-state index in [-0.39, 0.29) is 23.5 Å². The molecule has 0 atom stereocenters. The fourth-order valence-corrected chi connectivity index (χ4v) is 3.84. The molecule has 4 rings (SSSR count). The number of benzene rings is 1. The molecule has 1 aromatic carbocycles. The van der Waals surface area contributed by atoms with E-state index in [1.54, 1.807) is 17.0 Å². The summed E-state index contributed by atoms with van der Waals surface area (Å²) in [7, 11) is 0. The predicted molar refractivity (Wildman–Crippen MR) is 101 cm³/mol. The molecule has 0 unspecified atom stereocenters. The van der Waals surface area contributed by atoms with Gasteiger partial charge in [-0.3, -0.25) is 9.59 Å². The van der Waals surface area contributed by atoms with E-state index in [2.05, 4.69) is 10.2 Å². The van der Waals surface area contributed by atoms with Gasteiger partial charge >= 0.3 is 0 Å². The van der Waals surface area contributed by atoms with Gasteiger partial charge in [0.05, 0.1) is 5.75 Å². The number of carbonyl (C=O) groups excluding carboxylic acids is 2. The Morgan fingerprint density at radius 2 is 1.89 bits per heavy atom. The van der Waals surface area contributed by atoms with Crippen LogP contribution < -0.4 is 0 Å². The third-order valence-electron chi connectivity index (χ3n) is 4.67. The number of carbonyl (C=O) groups is 2. The van der Waals surface area contributed by atoms with Crippen molar-refractivity contribution in [2.24, 2.45) is 5.92 Å². The van der Waals surface area contributed by atoms with Crippen LogP contribution in [-0.2, 0) is 9.59 Å². The molecule has 0 N–H and O–H groups in total. The van der Waals surface area contributed by atoms with E-state index in [1.807, 2.05) is 17.0 Å². The van der Waals surface area contributed by atoms with Crippen molar-refractivity contribution in [2.75, 3.05) is 31.9 Å². The SMILES string of the molecule is O=C(CSc1nnc(-c2cccc(Cl)c2)o1)N1CCN(C(=O)C2CC2)CC1. The molecule has 1 aromatic heterocycles. The molecular weight excluding hydrogens is 388 g/mol. The number of amides is 2. The van der Waals surface area contributed by atoms with E-state index in [4.69, 9.17) is 16.0 Å². The standard InChI is InChI=1S/C18H19ClN4O3S/c19-14-3-1-2-13(10-14)16-20-21-18(26-16)27-11-15(24)22-6-8-23(9-7-22)17(25)12-4-5-12/h1-3,10,12H,4-9,11H2. The van der Waals surface area contributed by atoms with Gasteiger partial charge in [-0.2, -0.15) is 0 Å². The van der Waals surface area contributed by atoms with E-state index < -0.39 is 0 Å². The minimum absolute atomic E-state index is 0.0148. The lowest BCUT2D eigenvalue weighted by molar-refractivity contribution is -0.139. The normalized spacial score (nSPS) is 17.2. The van der Waals surface area contributed by atoms with Crippen LogP contribution in [0.1, 0.15) is 12.8 Å². The summed E-state index contributed by atoms with van der Waals surface area (Å²) in [5.41, 5.74) is 0.740. The number of nitrogens with zero attached hydrogens (tertiary/aromatic N) is 4. The summed E-state index contributed by atoms with van der Waals surface area (Å²) in [6.45, 7) is 2.39. The Bertz CT molecular complexity index is 847. The average molecular weight is 407 g/mol. The van der Waals surface area contributed by atoms with Crippen LogP contribution in [0.4, 0.5) is 0 Å². The van der Waals surface area contributed by atoms with Crippen molar-refractivity contribution >= 4 is 35.2 Å². The number of aromatic nitrogens is 2. The summed E-state index contributed by atoms with van der Waals surface area (Å²) in [5, 5.41) is 8.93. The van der Waals surface area contributed by atoms with Gasteiger partial charge in [0.1, 0.15) is 0 Å². The van der Waals surface area contributed by atoms with Crippen LogP contribution in [0.15, 0.2) is 33.9 Å². The zero-order valence-electron chi connectivity index (χ0n) is 14.6. The fourth-order valence-electron chi connectivity index (χ4n) is 2.99. The number of halogens is 1. The number of hydrogen-bond donors (Lipinski definition) is 0. The zero-order chi connectivity index (χ0) is 18.8. The summed E-state index contributed by atoms with van der Waals surface area (Å²) < 4.78 is 5.60. The second kappa shape index (κ2) is 7.90. The largest absolute Gasteiger partial charge is 0.411 e. The lowest BCUT2D eigenvalue weighted by Gasteiger charge is -2.34. The van der Waals surface area contributed by atoms with Gasteiger partial charge in [-0.05, 0) is 31.0 Å². The Morgan fingerprint density at radius 3 is 2.59 bits per heavy atom. The van der Waals surface area contributed by atoms with Crippen LogP contribution >= 0.6 is 23.4 Å². The first-order valence-electron chi connectivity index (χ1n) is 8.89. The Labute approximate surface area is 166 Å². The minimum Gasteiger partial charge on any atom is -0.411 e. The van der Waals surface area contributed by atoms with Crippen molar-refractivity contribution in [3.8, 4) is 11.5 Å². The molecule has 2 fully saturated rings. The summed E-state index contributed by atoms with van der Waals surface area (Å²) >= 11 is 7.19. The molecule has 0 bridgehead atoms. The van der Waals surface area contributed by atoms with Gasteiger partial charge in [0, 0.05) is 42.7 Å². The van der Waals surface area contributed by atoms with Gasteiger partial charge in [0.25, 0.3) is 5.22 Å². The summed E-state index contributed by atoms with van der Waals surface area (Å²) in [4.78, 5) is 28.1. The lowest BCUT2D eigenvalue weighted by Crippen LogP contribution is -2.51. The van der Waals surface area contributed by atoms with Crippen molar-refractivity contribution in [3.63, 3.8) is 0 Å². The van der Waals surface area contributed by atoms with Crippen molar-refractivity contribution in [3.05, 3.63) is 29.3 Å².